The van der Waals surface area contributed by atoms with E-state index in [1.165, 1.54) is 0 Å². The average Bonchev–Trinajstić information content (AvgIpc) is 2.90. The number of aryl methyl sites for hydroxylation is 1. The second kappa shape index (κ2) is 5.05. The van der Waals surface area contributed by atoms with E-state index < -0.39 is 0 Å². The second-order valence-corrected chi connectivity index (χ2v) is 7.74. The topological polar surface area (TPSA) is 79.9 Å². The number of nitrogens with zero attached hydrogens (tertiary/aromatic N) is 2. The molecule has 6 nitrogen and oxygen atoms in total. The van der Waals surface area contributed by atoms with Crippen LogP contribution in [-0.2, 0) is 9.53 Å². The molecule has 0 radical (unpaired) electrons. The lowest BCUT2D eigenvalue weighted by molar-refractivity contribution is -0.123. The monoisotopic (exact) mass is 306 g/mol. The van der Waals surface area contributed by atoms with E-state index in [1.54, 1.807) is 0 Å². The summed E-state index contributed by atoms with van der Waals surface area (Å²) in [6.45, 7) is 11.8. The van der Waals surface area contributed by atoms with Crippen molar-refractivity contribution in [2.75, 3.05) is 13.2 Å². The number of rotatable bonds is 4. The third-order valence-corrected chi connectivity index (χ3v) is 5.90. The van der Waals surface area contributed by atoms with Crippen molar-refractivity contribution in [2.24, 2.45) is 22.7 Å². The molecule has 0 unspecified atom stereocenters. The summed E-state index contributed by atoms with van der Waals surface area (Å²) < 4.78 is 5.76. The number of H-pyrrole nitrogens is 1. The predicted octanol–water partition coefficient (Wildman–Crippen LogP) is 1.99. The lowest BCUT2D eigenvalue weighted by Gasteiger charge is -2.16. The Kier molecular flexibility index (Phi) is 3.55. The molecule has 2 atom stereocenters. The van der Waals surface area contributed by atoms with E-state index in [9.17, 15) is 4.79 Å². The van der Waals surface area contributed by atoms with Crippen LogP contribution in [0.15, 0.2) is 0 Å². The highest BCUT2D eigenvalue weighted by Crippen LogP contribution is 2.68. The summed E-state index contributed by atoms with van der Waals surface area (Å²) in [5, 5.41) is 10.2. The van der Waals surface area contributed by atoms with Crippen molar-refractivity contribution in [3.63, 3.8) is 0 Å². The Hall–Kier alpha value is -1.43. The van der Waals surface area contributed by atoms with Gasteiger partial charge in [0.1, 0.15) is 11.9 Å². The fourth-order valence-corrected chi connectivity index (χ4v) is 3.80. The standard InChI is InChI=1S/C16H26N4O2/c1-9-18-13(20-19-9)11-10(6-7-22-11)8-17-14(21)12-15(2,3)16(12,4)5/h10-12H,6-8H2,1-5H3,(H,17,21)(H,18,19,20)/t10-,11-/m0/s1. The van der Waals surface area contributed by atoms with Crippen LogP contribution in [0, 0.1) is 29.6 Å². The van der Waals surface area contributed by atoms with Crippen LogP contribution in [0.25, 0.3) is 0 Å². The van der Waals surface area contributed by atoms with Gasteiger partial charge in [-0.15, -0.1) is 0 Å². The number of carbonyl (C=O) groups is 1. The summed E-state index contributed by atoms with van der Waals surface area (Å²) in [5.74, 6) is 1.97. The maximum atomic E-state index is 12.5. The Bertz CT molecular complexity index is 564. The average molecular weight is 306 g/mol. The molecule has 1 amide bonds. The first-order chi connectivity index (χ1) is 10.2. The molecule has 2 aliphatic rings. The molecule has 2 N–H and O–H groups in total. The van der Waals surface area contributed by atoms with Crippen molar-refractivity contribution in [1.82, 2.24) is 20.5 Å². The molecule has 0 spiro atoms. The third-order valence-electron chi connectivity index (χ3n) is 5.90. The maximum Gasteiger partial charge on any atom is 0.224 e. The van der Waals surface area contributed by atoms with Gasteiger partial charge in [0.15, 0.2) is 5.82 Å². The van der Waals surface area contributed by atoms with E-state index in [2.05, 4.69) is 48.2 Å². The van der Waals surface area contributed by atoms with Crippen LogP contribution in [0.4, 0.5) is 0 Å². The van der Waals surface area contributed by atoms with Crippen LogP contribution < -0.4 is 5.32 Å². The van der Waals surface area contributed by atoms with Crippen molar-refractivity contribution in [1.29, 1.82) is 0 Å². The minimum atomic E-state index is -0.120. The summed E-state index contributed by atoms with van der Waals surface area (Å²) in [7, 11) is 0. The largest absolute Gasteiger partial charge is 0.370 e. The van der Waals surface area contributed by atoms with Crippen LogP contribution in [-0.4, -0.2) is 34.2 Å². The molecular weight excluding hydrogens is 280 g/mol. The van der Waals surface area contributed by atoms with Crippen LogP contribution in [0.2, 0.25) is 0 Å². The van der Waals surface area contributed by atoms with Gasteiger partial charge in [-0.2, -0.15) is 5.10 Å². The molecule has 0 aromatic carbocycles. The van der Waals surface area contributed by atoms with E-state index in [0.717, 1.165) is 12.2 Å². The molecule has 1 saturated heterocycles. The molecule has 1 aromatic rings. The van der Waals surface area contributed by atoms with Crippen molar-refractivity contribution in [3.05, 3.63) is 11.6 Å². The van der Waals surface area contributed by atoms with Crippen molar-refractivity contribution in [2.45, 2.75) is 47.1 Å². The fourth-order valence-electron chi connectivity index (χ4n) is 3.80. The van der Waals surface area contributed by atoms with E-state index in [4.69, 9.17) is 4.74 Å². The Morgan fingerprint density at radius 2 is 2.05 bits per heavy atom. The molecule has 2 heterocycles. The van der Waals surface area contributed by atoms with Crippen molar-refractivity contribution >= 4 is 5.91 Å². The third kappa shape index (κ3) is 2.33. The number of nitrogens with one attached hydrogen (secondary N) is 2. The number of ether oxygens (including phenoxy) is 1. The zero-order chi connectivity index (χ0) is 16.1. The Morgan fingerprint density at radius 1 is 1.36 bits per heavy atom. The number of carbonyl (C=O) groups excluding carboxylic acids is 1. The van der Waals surface area contributed by atoms with Crippen molar-refractivity contribution < 1.29 is 9.53 Å². The number of aromatic amines is 1. The molecule has 0 bridgehead atoms. The highest BCUT2D eigenvalue weighted by atomic mass is 16.5. The van der Waals surface area contributed by atoms with Gasteiger partial charge in [-0.05, 0) is 24.2 Å². The van der Waals surface area contributed by atoms with Gasteiger partial charge < -0.3 is 10.1 Å². The number of hydrogen-bond donors (Lipinski definition) is 2. The van der Waals surface area contributed by atoms with Crippen LogP contribution in [0.5, 0.6) is 0 Å². The first kappa shape index (κ1) is 15.5. The normalized spacial score (nSPS) is 29.5. The Labute approximate surface area is 131 Å². The van der Waals surface area contributed by atoms with E-state index in [1.807, 2.05) is 6.92 Å². The van der Waals surface area contributed by atoms with E-state index >= 15 is 0 Å². The minimum Gasteiger partial charge on any atom is -0.370 e. The van der Waals surface area contributed by atoms with E-state index in [0.29, 0.717) is 19.0 Å². The van der Waals surface area contributed by atoms with E-state index in [-0.39, 0.29) is 34.7 Å². The molecule has 1 aromatic heterocycles. The van der Waals surface area contributed by atoms with Crippen LogP contribution >= 0.6 is 0 Å². The van der Waals surface area contributed by atoms with Gasteiger partial charge in [0.25, 0.3) is 0 Å². The van der Waals surface area contributed by atoms with Gasteiger partial charge in [0, 0.05) is 25.0 Å². The Balaban J connectivity index is 1.58. The molecule has 122 valence electrons. The summed E-state index contributed by atoms with van der Waals surface area (Å²) in [6.07, 6.45) is 0.807. The van der Waals surface area contributed by atoms with Gasteiger partial charge in [-0.1, -0.05) is 27.7 Å². The molecule has 6 heteroatoms. The molecular formula is C16H26N4O2. The fraction of sp³-hybridized carbons (Fsp3) is 0.812. The highest BCUT2D eigenvalue weighted by molar-refractivity contribution is 5.84. The van der Waals surface area contributed by atoms with Gasteiger partial charge in [-0.3, -0.25) is 9.89 Å². The summed E-state index contributed by atoms with van der Waals surface area (Å²) in [6, 6.07) is 0. The summed E-state index contributed by atoms with van der Waals surface area (Å²) in [5.41, 5.74) is 0.146. The SMILES string of the molecule is Cc1nc([C@H]2OCC[C@H]2CNC(=O)C2C(C)(C)C2(C)C)n[nH]1. The van der Waals surface area contributed by atoms with Gasteiger partial charge >= 0.3 is 0 Å². The number of hydrogen-bond acceptors (Lipinski definition) is 4. The van der Waals surface area contributed by atoms with Gasteiger partial charge in [0.2, 0.25) is 5.91 Å². The maximum absolute atomic E-state index is 12.5. The smallest absolute Gasteiger partial charge is 0.224 e. The lowest BCUT2D eigenvalue weighted by Crippen LogP contribution is -2.33. The second-order valence-electron chi connectivity index (χ2n) is 7.74. The Morgan fingerprint density at radius 3 is 2.59 bits per heavy atom. The first-order valence-electron chi connectivity index (χ1n) is 8.03. The van der Waals surface area contributed by atoms with Crippen LogP contribution in [0.3, 0.4) is 0 Å². The molecule has 3 rings (SSSR count). The highest BCUT2D eigenvalue weighted by Gasteiger charge is 2.68. The summed E-state index contributed by atoms with van der Waals surface area (Å²) >= 11 is 0. The molecule has 2 fully saturated rings. The number of amides is 1. The quantitative estimate of drug-likeness (QED) is 0.891. The molecule has 1 saturated carbocycles. The molecule has 22 heavy (non-hydrogen) atoms. The zero-order valence-corrected chi connectivity index (χ0v) is 14.1. The van der Waals surface area contributed by atoms with Crippen molar-refractivity contribution in [3.8, 4) is 0 Å². The predicted molar refractivity (Wildman–Crippen MR) is 82.0 cm³/mol. The zero-order valence-electron chi connectivity index (χ0n) is 14.1. The minimum absolute atomic E-state index is 0.0729. The lowest BCUT2D eigenvalue weighted by atomic mass is 10.0. The molecule has 1 aliphatic heterocycles. The van der Waals surface area contributed by atoms with Gasteiger partial charge in [-0.25, -0.2) is 4.98 Å². The number of aromatic nitrogens is 3. The first-order valence-corrected chi connectivity index (χ1v) is 8.03. The summed E-state index contributed by atoms with van der Waals surface area (Å²) in [4.78, 5) is 16.8. The van der Waals surface area contributed by atoms with Crippen LogP contribution in [0.1, 0.15) is 51.9 Å². The molecule has 1 aliphatic carbocycles. The van der Waals surface area contributed by atoms with Gasteiger partial charge in [0.05, 0.1) is 0 Å².